The van der Waals surface area contributed by atoms with Crippen molar-refractivity contribution < 1.29 is 23.8 Å². The number of benzene rings is 1. The molecule has 0 spiro atoms. The fourth-order valence-corrected chi connectivity index (χ4v) is 4.54. The lowest BCUT2D eigenvalue weighted by molar-refractivity contribution is -0.124. The number of nitrogens with one attached hydrogen (secondary N) is 3. The van der Waals surface area contributed by atoms with E-state index < -0.39 is 12.4 Å². The molecule has 0 atom stereocenters. The zero-order valence-electron chi connectivity index (χ0n) is 19.2. The molecule has 10 heteroatoms. The lowest BCUT2D eigenvalue weighted by atomic mass is 9.91. The standard InChI is InChI=1S/C25H28FN5O4/c26-15-3-8-20(35-12-14-1-2-14)18(9-15)22-24-23(29-13-28-22)19(10-27-24)25(34)31-17-6-4-16(5-7-17)30-21(33)11-32/h3,8-10,13-14,16-17,27,32H,1-2,4-7,11-12H2,(H,30,33)(H,31,34). The van der Waals surface area contributed by atoms with Gasteiger partial charge in [-0.25, -0.2) is 14.4 Å². The Balaban J connectivity index is 1.33. The van der Waals surface area contributed by atoms with E-state index in [1.807, 2.05) is 0 Å². The van der Waals surface area contributed by atoms with Gasteiger partial charge in [0, 0.05) is 23.8 Å². The van der Waals surface area contributed by atoms with Crippen molar-refractivity contribution in [3.8, 4) is 17.0 Å². The lowest BCUT2D eigenvalue weighted by Gasteiger charge is -2.29. The van der Waals surface area contributed by atoms with E-state index in [1.54, 1.807) is 12.3 Å². The highest BCUT2D eigenvalue weighted by molar-refractivity contribution is 6.07. The fraction of sp³-hybridized carbons (Fsp3) is 0.440. The fourth-order valence-electron chi connectivity index (χ4n) is 4.54. The highest BCUT2D eigenvalue weighted by Gasteiger charge is 2.26. The second-order valence-electron chi connectivity index (χ2n) is 9.29. The first-order valence-electron chi connectivity index (χ1n) is 12.0. The van der Waals surface area contributed by atoms with Crippen molar-refractivity contribution in [2.24, 2.45) is 5.92 Å². The summed E-state index contributed by atoms with van der Waals surface area (Å²) in [6.07, 6.45) is 8.12. The van der Waals surface area contributed by atoms with Gasteiger partial charge in [-0.15, -0.1) is 0 Å². The molecule has 1 aromatic carbocycles. The molecule has 2 aliphatic carbocycles. The van der Waals surface area contributed by atoms with Gasteiger partial charge in [-0.2, -0.15) is 0 Å². The molecule has 4 N–H and O–H groups in total. The van der Waals surface area contributed by atoms with Crippen LogP contribution in [0.1, 0.15) is 48.9 Å². The van der Waals surface area contributed by atoms with Gasteiger partial charge in [-0.3, -0.25) is 9.59 Å². The van der Waals surface area contributed by atoms with Crippen LogP contribution in [-0.2, 0) is 4.79 Å². The number of carbonyl (C=O) groups excluding carboxylic acids is 2. The van der Waals surface area contributed by atoms with Crippen molar-refractivity contribution in [1.29, 1.82) is 0 Å². The molecule has 0 saturated heterocycles. The van der Waals surface area contributed by atoms with Gasteiger partial charge in [0.2, 0.25) is 5.91 Å². The van der Waals surface area contributed by atoms with Gasteiger partial charge in [-0.1, -0.05) is 0 Å². The highest BCUT2D eigenvalue weighted by atomic mass is 19.1. The molecule has 9 nitrogen and oxygen atoms in total. The average molecular weight is 482 g/mol. The molecule has 2 aromatic heterocycles. The van der Waals surface area contributed by atoms with Crippen molar-refractivity contribution in [1.82, 2.24) is 25.6 Å². The van der Waals surface area contributed by atoms with E-state index in [2.05, 4.69) is 25.6 Å². The molecule has 2 heterocycles. The van der Waals surface area contributed by atoms with Crippen LogP contribution in [0.25, 0.3) is 22.3 Å². The second kappa shape index (κ2) is 9.99. The van der Waals surface area contributed by atoms with Gasteiger partial charge in [0.1, 0.15) is 35.7 Å². The molecule has 35 heavy (non-hydrogen) atoms. The quantitative estimate of drug-likeness (QED) is 0.392. The van der Waals surface area contributed by atoms with Crippen LogP contribution < -0.4 is 15.4 Å². The van der Waals surface area contributed by atoms with E-state index in [0.717, 1.165) is 38.5 Å². The molecule has 0 radical (unpaired) electrons. The van der Waals surface area contributed by atoms with E-state index in [9.17, 15) is 14.0 Å². The summed E-state index contributed by atoms with van der Waals surface area (Å²) in [5, 5.41) is 14.7. The second-order valence-corrected chi connectivity index (χ2v) is 9.29. The monoisotopic (exact) mass is 481 g/mol. The first-order chi connectivity index (χ1) is 17.0. The number of rotatable bonds is 8. The molecule has 2 saturated carbocycles. The van der Waals surface area contributed by atoms with Crippen molar-refractivity contribution in [2.45, 2.75) is 50.6 Å². The van der Waals surface area contributed by atoms with Crippen LogP contribution in [0.3, 0.4) is 0 Å². The summed E-state index contributed by atoms with van der Waals surface area (Å²) in [4.78, 5) is 36.2. The van der Waals surface area contributed by atoms with Gasteiger partial charge in [0.15, 0.2) is 0 Å². The number of aliphatic hydroxyl groups is 1. The Morgan fingerprint density at radius 1 is 1.09 bits per heavy atom. The number of halogens is 1. The van der Waals surface area contributed by atoms with Gasteiger partial charge in [0.05, 0.1) is 17.7 Å². The van der Waals surface area contributed by atoms with E-state index >= 15 is 0 Å². The van der Waals surface area contributed by atoms with Crippen LogP contribution in [-0.4, -0.2) is 57.2 Å². The number of aromatic amines is 1. The van der Waals surface area contributed by atoms with Crippen LogP contribution in [0.4, 0.5) is 4.39 Å². The number of fused-ring (bicyclic) bond motifs is 1. The molecule has 0 aliphatic heterocycles. The van der Waals surface area contributed by atoms with Gasteiger partial charge >= 0.3 is 0 Å². The molecule has 2 aliphatic rings. The van der Waals surface area contributed by atoms with Gasteiger partial charge in [-0.05, 0) is 62.6 Å². The zero-order valence-corrected chi connectivity index (χ0v) is 19.2. The van der Waals surface area contributed by atoms with Crippen LogP contribution >= 0.6 is 0 Å². The van der Waals surface area contributed by atoms with Gasteiger partial charge in [0.25, 0.3) is 5.91 Å². The Labute approximate surface area is 201 Å². The van der Waals surface area contributed by atoms with E-state index in [1.165, 1.54) is 18.5 Å². The number of aliphatic hydroxyl groups excluding tert-OH is 1. The summed E-state index contributed by atoms with van der Waals surface area (Å²) < 4.78 is 20.1. The summed E-state index contributed by atoms with van der Waals surface area (Å²) in [6, 6.07) is 4.34. The van der Waals surface area contributed by atoms with Crippen LogP contribution in [0.5, 0.6) is 5.75 Å². The summed E-state index contributed by atoms with van der Waals surface area (Å²) in [7, 11) is 0. The van der Waals surface area contributed by atoms with E-state index in [4.69, 9.17) is 9.84 Å². The average Bonchev–Trinajstić information content (AvgIpc) is 3.59. The van der Waals surface area contributed by atoms with Crippen molar-refractivity contribution in [2.75, 3.05) is 13.2 Å². The summed E-state index contributed by atoms with van der Waals surface area (Å²) in [6.45, 7) is 0.0575. The molecule has 0 unspecified atom stereocenters. The molecule has 3 aromatic rings. The molecule has 2 amide bonds. The number of carbonyl (C=O) groups is 2. The number of nitrogens with zero attached hydrogens (tertiary/aromatic N) is 2. The number of hydrogen-bond acceptors (Lipinski definition) is 6. The Kier molecular flexibility index (Phi) is 6.63. The Bertz CT molecular complexity index is 1230. The maximum atomic E-state index is 14.1. The third-order valence-electron chi connectivity index (χ3n) is 6.65. The lowest BCUT2D eigenvalue weighted by Crippen LogP contribution is -2.44. The van der Waals surface area contributed by atoms with Crippen LogP contribution in [0.2, 0.25) is 0 Å². The third kappa shape index (κ3) is 5.27. The Morgan fingerprint density at radius 2 is 1.83 bits per heavy atom. The number of amides is 2. The van der Waals surface area contributed by atoms with Crippen LogP contribution in [0.15, 0.2) is 30.7 Å². The van der Waals surface area contributed by atoms with Crippen molar-refractivity contribution in [3.05, 3.63) is 42.1 Å². The zero-order chi connectivity index (χ0) is 24.4. The number of hydrogen-bond donors (Lipinski definition) is 4. The summed E-state index contributed by atoms with van der Waals surface area (Å²) in [5.74, 6) is 0.0456. The van der Waals surface area contributed by atoms with E-state index in [-0.39, 0.29) is 23.9 Å². The minimum Gasteiger partial charge on any atom is -0.493 e. The summed E-state index contributed by atoms with van der Waals surface area (Å²) in [5.41, 5.74) is 2.36. The van der Waals surface area contributed by atoms with Crippen LogP contribution in [0, 0.1) is 11.7 Å². The van der Waals surface area contributed by atoms with Crippen molar-refractivity contribution in [3.63, 3.8) is 0 Å². The molecule has 184 valence electrons. The maximum Gasteiger partial charge on any atom is 0.255 e. The molecular weight excluding hydrogens is 453 g/mol. The van der Waals surface area contributed by atoms with Gasteiger partial charge < -0.3 is 25.5 Å². The first-order valence-corrected chi connectivity index (χ1v) is 12.0. The minimum atomic E-state index is -0.523. The van der Waals surface area contributed by atoms with Crippen molar-refractivity contribution >= 4 is 22.8 Å². The number of ether oxygens (including phenoxy) is 1. The smallest absolute Gasteiger partial charge is 0.255 e. The number of H-pyrrole nitrogens is 1. The molecular formula is C25H28FN5O4. The normalized spacial score (nSPS) is 19.9. The highest BCUT2D eigenvalue weighted by Crippen LogP contribution is 2.36. The predicted octanol–water partition coefficient (Wildman–Crippen LogP) is 2.70. The SMILES string of the molecule is O=C(CO)NC1CCC(NC(=O)c2c[nH]c3c(-c4cc(F)ccc4OCC4CC4)ncnc23)CC1. The topological polar surface area (TPSA) is 129 Å². The summed E-state index contributed by atoms with van der Waals surface area (Å²) >= 11 is 0. The molecule has 5 rings (SSSR count). The molecule has 2 fully saturated rings. The van der Waals surface area contributed by atoms with E-state index in [0.29, 0.717) is 46.1 Å². The predicted molar refractivity (Wildman–Crippen MR) is 126 cm³/mol. The molecule has 0 bridgehead atoms. The Morgan fingerprint density at radius 3 is 2.54 bits per heavy atom. The largest absolute Gasteiger partial charge is 0.493 e. The third-order valence-corrected chi connectivity index (χ3v) is 6.65. The first kappa shape index (κ1) is 23.2. The maximum absolute atomic E-state index is 14.1. The Hall–Kier alpha value is -3.53. The number of aromatic nitrogens is 3. The minimum absolute atomic E-state index is 0.00814.